The first-order valence-corrected chi connectivity index (χ1v) is 5.22. The molecule has 0 aliphatic rings. The predicted molar refractivity (Wildman–Crippen MR) is 59.8 cm³/mol. The molecule has 1 aromatic carbocycles. The topological polar surface area (TPSA) is 24.1 Å². The average molecular weight is 243 g/mol. The zero-order valence-corrected chi connectivity index (χ0v) is 9.39. The average Bonchev–Trinajstić information content (AvgIpc) is 2.15. The van der Waals surface area contributed by atoms with Crippen molar-refractivity contribution < 1.29 is 0 Å². The molecule has 0 radical (unpaired) electrons. The van der Waals surface area contributed by atoms with Crippen LogP contribution in [-0.2, 0) is 6.54 Å². The molecule has 0 aliphatic carbocycles. The molecule has 3 heteroatoms. The summed E-state index contributed by atoms with van der Waals surface area (Å²) in [6.45, 7) is 2.96. The molecule has 1 aromatic rings. The molecule has 0 aromatic heterocycles. The van der Waals surface area contributed by atoms with Crippen LogP contribution < -0.4 is 10.6 Å². The fraction of sp³-hybridized carbons (Fsp3) is 0.400. The molecular formula is C10H15BrN2. The van der Waals surface area contributed by atoms with Crippen molar-refractivity contribution in [1.82, 2.24) is 10.6 Å². The van der Waals surface area contributed by atoms with Crippen LogP contribution in [0.5, 0.6) is 0 Å². The SMILES string of the molecule is CNCCNCc1ccc(Br)cc1. The van der Waals surface area contributed by atoms with Crippen molar-refractivity contribution in [1.29, 1.82) is 0 Å². The Morgan fingerprint density at radius 3 is 2.46 bits per heavy atom. The molecule has 0 saturated carbocycles. The van der Waals surface area contributed by atoms with Gasteiger partial charge in [-0.2, -0.15) is 0 Å². The summed E-state index contributed by atoms with van der Waals surface area (Å²) >= 11 is 3.41. The Hall–Kier alpha value is -0.380. The summed E-state index contributed by atoms with van der Waals surface area (Å²) in [6.07, 6.45) is 0. The van der Waals surface area contributed by atoms with Crippen LogP contribution >= 0.6 is 15.9 Å². The van der Waals surface area contributed by atoms with Crippen molar-refractivity contribution in [2.75, 3.05) is 20.1 Å². The van der Waals surface area contributed by atoms with Gasteiger partial charge in [0.05, 0.1) is 0 Å². The van der Waals surface area contributed by atoms with Gasteiger partial charge in [-0.1, -0.05) is 28.1 Å². The minimum atomic E-state index is 0.939. The summed E-state index contributed by atoms with van der Waals surface area (Å²) < 4.78 is 1.13. The highest BCUT2D eigenvalue weighted by molar-refractivity contribution is 9.10. The summed E-state index contributed by atoms with van der Waals surface area (Å²) in [5.41, 5.74) is 1.32. The molecule has 0 spiro atoms. The van der Waals surface area contributed by atoms with E-state index in [1.165, 1.54) is 5.56 Å². The van der Waals surface area contributed by atoms with Crippen molar-refractivity contribution in [2.24, 2.45) is 0 Å². The van der Waals surface area contributed by atoms with Crippen LogP contribution in [0.4, 0.5) is 0 Å². The normalized spacial score (nSPS) is 10.3. The van der Waals surface area contributed by atoms with E-state index in [2.05, 4.69) is 50.8 Å². The van der Waals surface area contributed by atoms with E-state index in [0.29, 0.717) is 0 Å². The maximum Gasteiger partial charge on any atom is 0.0206 e. The lowest BCUT2D eigenvalue weighted by Crippen LogP contribution is -2.24. The Bertz CT molecular complexity index is 233. The molecule has 2 nitrogen and oxygen atoms in total. The molecule has 0 saturated heterocycles. The second-order valence-electron chi connectivity index (χ2n) is 2.91. The molecule has 0 heterocycles. The highest BCUT2D eigenvalue weighted by Crippen LogP contribution is 2.09. The van der Waals surface area contributed by atoms with E-state index >= 15 is 0 Å². The molecule has 13 heavy (non-hydrogen) atoms. The van der Waals surface area contributed by atoms with Gasteiger partial charge in [0, 0.05) is 24.1 Å². The zero-order valence-electron chi connectivity index (χ0n) is 7.81. The third kappa shape index (κ3) is 4.41. The largest absolute Gasteiger partial charge is 0.318 e. The zero-order chi connectivity index (χ0) is 9.52. The van der Waals surface area contributed by atoms with Gasteiger partial charge in [-0.15, -0.1) is 0 Å². The van der Waals surface area contributed by atoms with E-state index in [4.69, 9.17) is 0 Å². The van der Waals surface area contributed by atoms with Gasteiger partial charge in [0.2, 0.25) is 0 Å². The fourth-order valence-electron chi connectivity index (χ4n) is 1.05. The summed E-state index contributed by atoms with van der Waals surface area (Å²) in [6, 6.07) is 8.37. The van der Waals surface area contributed by atoms with Gasteiger partial charge in [0.1, 0.15) is 0 Å². The predicted octanol–water partition coefficient (Wildman–Crippen LogP) is 1.76. The van der Waals surface area contributed by atoms with Crippen LogP contribution in [0.15, 0.2) is 28.7 Å². The molecule has 1 rings (SSSR count). The highest BCUT2D eigenvalue weighted by Gasteiger charge is 1.91. The number of nitrogens with one attached hydrogen (secondary N) is 2. The standard InChI is InChI=1S/C10H15BrN2/c1-12-6-7-13-8-9-2-4-10(11)5-3-9/h2-5,12-13H,6-8H2,1H3. The molecule has 0 bridgehead atoms. The highest BCUT2D eigenvalue weighted by atomic mass is 79.9. The Morgan fingerprint density at radius 2 is 1.85 bits per heavy atom. The molecule has 0 aliphatic heterocycles. The number of benzene rings is 1. The van der Waals surface area contributed by atoms with Crippen LogP contribution in [0, 0.1) is 0 Å². The Balaban J connectivity index is 2.25. The first kappa shape index (κ1) is 10.7. The molecule has 0 unspecified atom stereocenters. The minimum Gasteiger partial charge on any atom is -0.318 e. The van der Waals surface area contributed by atoms with Crippen LogP contribution in [0.2, 0.25) is 0 Å². The molecule has 2 N–H and O–H groups in total. The number of hydrogen-bond acceptors (Lipinski definition) is 2. The van der Waals surface area contributed by atoms with Crippen molar-refractivity contribution >= 4 is 15.9 Å². The van der Waals surface area contributed by atoms with E-state index in [-0.39, 0.29) is 0 Å². The van der Waals surface area contributed by atoms with E-state index in [1.807, 2.05) is 7.05 Å². The van der Waals surface area contributed by atoms with Gasteiger partial charge in [-0.25, -0.2) is 0 Å². The summed E-state index contributed by atoms with van der Waals surface area (Å²) in [4.78, 5) is 0. The summed E-state index contributed by atoms with van der Waals surface area (Å²) in [5.74, 6) is 0. The minimum absolute atomic E-state index is 0.939. The third-order valence-corrected chi connectivity index (χ3v) is 2.32. The maximum absolute atomic E-state index is 3.41. The second-order valence-corrected chi connectivity index (χ2v) is 3.82. The number of halogens is 1. The van der Waals surface area contributed by atoms with Gasteiger partial charge in [0.15, 0.2) is 0 Å². The first-order chi connectivity index (χ1) is 6.33. The lowest BCUT2D eigenvalue weighted by molar-refractivity contribution is 0.651. The maximum atomic E-state index is 3.41. The Kier molecular flexibility index (Phi) is 5.05. The van der Waals surface area contributed by atoms with Crippen LogP contribution in [-0.4, -0.2) is 20.1 Å². The molecule has 72 valence electrons. The van der Waals surface area contributed by atoms with Crippen LogP contribution in [0.25, 0.3) is 0 Å². The first-order valence-electron chi connectivity index (χ1n) is 4.42. The fourth-order valence-corrected chi connectivity index (χ4v) is 1.31. The molecular weight excluding hydrogens is 228 g/mol. The van der Waals surface area contributed by atoms with Gasteiger partial charge in [-0.05, 0) is 24.7 Å². The second kappa shape index (κ2) is 6.13. The summed E-state index contributed by atoms with van der Waals surface area (Å²) in [7, 11) is 1.96. The van der Waals surface area contributed by atoms with Crippen molar-refractivity contribution in [2.45, 2.75) is 6.54 Å². The van der Waals surface area contributed by atoms with E-state index in [1.54, 1.807) is 0 Å². The lowest BCUT2D eigenvalue weighted by Gasteiger charge is -2.04. The third-order valence-electron chi connectivity index (χ3n) is 1.79. The van der Waals surface area contributed by atoms with E-state index in [0.717, 1.165) is 24.1 Å². The number of rotatable bonds is 5. The Morgan fingerprint density at radius 1 is 1.15 bits per heavy atom. The van der Waals surface area contributed by atoms with Crippen molar-refractivity contribution in [3.05, 3.63) is 34.3 Å². The van der Waals surface area contributed by atoms with Gasteiger partial charge >= 0.3 is 0 Å². The lowest BCUT2D eigenvalue weighted by atomic mass is 10.2. The van der Waals surface area contributed by atoms with Crippen molar-refractivity contribution in [3.8, 4) is 0 Å². The molecule has 0 amide bonds. The summed E-state index contributed by atoms with van der Waals surface area (Å²) in [5, 5.41) is 6.44. The smallest absolute Gasteiger partial charge is 0.0206 e. The van der Waals surface area contributed by atoms with Gasteiger partial charge in [0.25, 0.3) is 0 Å². The van der Waals surface area contributed by atoms with E-state index < -0.39 is 0 Å². The number of hydrogen-bond donors (Lipinski definition) is 2. The van der Waals surface area contributed by atoms with Crippen LogP contribution in [0.1, 0.15) is 5.56 Å². The molecule has 0 fully saturated rings. The monoisotopic (exact) mass is 242 g/mol. The molecule has 0 atom stereocenters. The Labute approximate surface area is 87.9 Å². The van der Waals surface area contributed by atoms with Gasteiger partial charge in [-0.3, -0.25) is 0 Å². The number of likely N-dealkylation sites (N-methyl/N-ethyl adjacent to an activating group) is 1. The van der Waals surface area contributed by atoms with Gasteiger partial charge < -0.3 is 10.6 Å². The quantitative estimate of drug-likeness (QED) is 0.770. The van der Waals surface area contributed by atoms with Crippen molar-refractivity contribution in [3.63, 3.8) is 0 Å². The van der Waals surface area contributed by atoms with E-state index in [9.17, 15) is 0 Å². The van der Waals surface area contributed by atoms with Crippen LogP contribution in [0.3, 0.4) is 0 Å².